The molecule has 0 bridgehead atoms. The van der Waals surface area contributed by atoms with Gasteiger partial charge in [0, 0.05) is 32.2 Å². The molecule has 0 aromatic heterocycles. The van der Waals surface area contributed by atoms with E-state index in [2.05, 4.69) is 15.6 Å². The van der Waals surface area contributed by atoms with Crippen LogP contribution in [0.1, 0.15) is 16.7 Å². The van der Waals surface area contributed by atoms with E-state index < -0.39 is 17.6 Å². The van der Waals surface area contributed by atoms with Gasteiger partial charge in [-0.3, -0.25) is 4.99 Å². The summed E-state index contributed by atoms with van der Waals surface area (Å²) in [6.45, 7) is 1.51. The zero-order chi connectivity index (χ0) is 22.1. The van der Waals surface area contributed by atoms with Crippen LogP contribution in [-0.4, -0.2) is 45.2 Å². The highest BCUT2D eigenvalue weighted by molar-refractivity contribution is 5.79. The third kappa shape index (κ3) is 7.22. The first-order valence-corrected chi connectivity index (χ1v) is 9.36. The van der Waals surface area contributed by atoms with E-state index in [9.17, 15) is 17.6 Å². The van der Waals surface area contributed by atoms with Crippen molar-refractivity contribution >= 4 is 5.96 Å². The molecule has 0 aliphatic rings. The van der Waals surface area contributed by atoms with Crippen molar-refractivity contribution in [2.45, 2.75) is 19.3 Å². The summed E-state index contributed by atoms with van der Waals surface area (Å²) in [7, 11) is 5.43. The number of para-hydroxylation sites is 1. The molecule has 5 nitrogen and oxygen atoms in total. The van der Waals surface area contributed by atoms with E-state index in [-0.39, 0.29) is 12.1 Å². The Morgan fingerprint density at radius 1 is 1.03 bits per heavy atom. The molecule has 0 atom stereocenters. The Morgan fingerprint density at radius 2 is 1.70 bits per heavy atom. The molecule has 30 heavy (non-hydrogen) atoms. The lowest BCUT2D eigenvalue weighted by Gasteiger charge is -2.17. The second kappa shape index (κ2) is 10.8. The van der Waals surface area contributed by atoms with Crippen molar-refractivity contribution in [1.82, 2.24) is 15.5 Å². The van der Waals surface area contributed by atoms with Crippen LogP contribution in [0.2, 0.25) is 0 Å². The van der Waals surface area contributed by atoms with Gasteiger partial charge >= 0.3 is 6.18 Å². The van der Waals surface area contributed by atoms with Crippen LogP contribution in [0.3, 0.4) is 0 Å². The van der Waals surface area contributed by atoms with Crippen molar-refractivity contribution in [1.29, 1.82) is 0 Å². The number of hydrogen-bond donors (Lipinski definition) is 2. The average Bonchev–Trinajstić information content (AvgIpc) is 2.69. The average molecular weight is 426 g/mol. The number of ether oxygens (including phenoxy) is 1. The Balaban J connectivity index is 1.99. The van der Waals surface area contributed by atoms with Gasteiger partial charge < -0.3 is 20.3 Å². The molecule has 0 aliphatic heterocycles. The van der Waals surface area contributed by atoms with Crippen molar-refractivity contribution in [3.05, 3.63) is 65.0 Å². The van der Waals surface area contributed by atoms with Crippen LogP contribution in [0, 0.1) is 5.82 Å². The minimum atomic E-state index is -4.64. The fraction of sp³-hybridized carbons (Fsp3) is 0.381. The number of benzene rings is 2. The van der Waals surface area contributed by atoms with Gasteiger partial charge in [0.2, 0.25) is 0 Å². The minimum Gasteiger partial charge on any atom is -0.492 e. The number of guanidine groups is 1. The summed E-state index contributed by atoms with van der Waals surface area (Å²) < 4.78 is 58.5. The highest BCUT2D eigenvalue weighted by atomic mass is 19.4. The summed E-state index contributed by atoms with van der Waals surface area (Å²) in [5.41, 5.74) is -0.193. The van der Waals surface area contributed by atoms with Crippen molar-refractivity contribution in [2.75, 3.05) is 34.3 Å². The number of likely N-dealkylation sites (N-methyl/N-ethyl adjacent to an activating group) is 1. The van der Waals surface area contributed by atoms with Gasteiger partial charge in [0.05, 0.1) is 5.56 Å². The Hall–Kier alpha value is -2.81. The lowest BCUT2D eigenvalue weighted by molar-refractivity contribution is -0.138. The van der Waals surface area contributed by atoms with Crippen molar-refractivity contribution in [2.24, 2.45) is 4.99 Å². The van der Waals surface area contributed by atoms with Crippen molar-refractivity contribution in [3.63, 3.8) is 0 Å². The number of alkyl halides is 3. The third-order valence-corrected chi connectivity index (χ3v) is 4.26. The molecule has 2 aromatic rings. The summed E-state index contributed by atoms with van der Waals surface area (Å²) in [6.07, 6.45) is -4.64. The van der Waals surface area contributed by atoms with Crippen LogP contribution in [0.25, 0.3) is 0 Å². The van der Waals surface area contributed by atoms with E-state index in [4.69, 9.17) is 4.74 Å². The predicted molar refractivity (Wildman–Crippen MR) is 109 cm³/mol. The largest absolute Gasteiger partial charge is 0.492 e. The van der Waals surface area contributed by atoms with Crippen LogP contribution >= 0.6 is 0 Å². The first kappa shape index (κ1) is 23.5. The molecular weight excluding hydrogens is 400 g/mol. The van der Waals surface area contributed by atoms with Gasteiger partial charge in [-0.1, -0.05) is 24.3 Å². The summed E-state index contributed by atoms with van der Waals surface area (Å²) in [5.74, 6) is 0.107. The Kier molecular flexibility index (Phi) is 8.46. The molecule has 0 saturated carbocycles. The minimum absolute atomic E-state index is 0.0701. The zero-order valence-electron chi connectivity index (χ0n) is 17.2. The number of nitrogens with one attached hydrogen (secondary N) is 2. The molecule has 0 spiro atoms. The summed E-state index contributed by atoms with van der Waals surface area (Å²) >= 11 is 0. The van der Waals surface area contributed by atoms with E-state index in [1.807, 2.05) is 43.3 Å². The van der Waals surface area contributed by atoms with E-state index >= 15 is 0 Å². The van der Waals surface area contributed by atoms with Gasteiger partial charge in [-0.15, -0.1) is 0 Å². The smallest absolute Gasteiger partial charge is 0.416 e. The van der Waals surface area contributed by atoms with Crippen LogP contribution in [0.4, 0.5) is 17.6 Å². The summed E-state index contributed by atoms with van der Waals surface area (Å²) in [6, 6.07) is 10.1. The van der Waals surface area contributed by atoms with E-state index in [1.54, 1.807) is 0 Å². The first-order chi connectivity index (χ1) is 14.2. The Bertz CT molecular complexity index is 853. The first-order valence-electron chi connectivity index (χ1n) is 9.36. The molecular formula is C21H26F4N4O. The Labute approximate surface area is 173 Å². The molecule has 2 N–H and O–H groups in total. The summed E-state index contributed by atoms with van der Waals surface area (Å²) in [5, 5.41) is 5.89. The summed E-state index contributed by atoms with van der Waals surface area (Å²) in [4.78, 5) is 6.05. The van der Waals surface area contributed by atoms with Gasteiger partial charge in [-0.2, -0.15) is 13.2 Å². The number of halogens is 4. The fourth-order valence-corrected chi connectivity index (χ4v) is 2.67. The van der Waals surface area contributed by atoms with E-state index in [0.717, 1.165) is 30.0 Å². The second-order valence-electron chi connectivity index (χ2n) is 6.84. The van der Waals surface area contributed by atoms with Crippen molar-refractivity contribution < 1.29 is 22.3 Å². The molecule has 0 aliphatic carbocycles. The van der Waals surface area contributed by atoms with Crippen LogP contribution in [-0.2, 0) is 19.3 Å². The van der Waals surface area contributed by atoms with E-state index in [1.165, 1.54) is 7.05 Å². The SMILES string of the molecule is CN=C(NCc1ccccc1OCCN(C)C)NCc1ccc(F)cc1C(F)(F)F. The van der Waals surface area contributed by atoms with E-state index in [0.29, 0.717) is 25.2 Å². The molecule has 0 amide bonds. The van der Waals surface area contributed by atoms with Gasteiger partial charge in [0.1, 0.15) is 18.2 Å². The topological polar surface area (TPSA) is 48.9 Å². The molecule has 0 saturated heterocycles. The molecule has 2 aromatic carbocycles. The normalized spacial score (nSPS) is 12.2. The maximum Gasteiger partial charge on any atom is 0.416 e. The highest BCUT2D eigenvalue weighted by Crippen LogP contribution is 2.32. The maximum absolute atomic E-state index is 13.3. The number of hydrogen-bond acceptors (Lipinski definition) is 3. The predicted octanol–water partition coefficient (Wildman–Crippen LogP) is 3.65. The van der Waals surface area contributed by atoms with Crippen LogP contribution in [0.5, 0.6) is 5.75 Å². The molecule has 0 radical (unpaired) electrons. The van der Waals surface area contributed by atoms with Gasteiger partial charge in [-0.05, 0) is 37.9 Å². The van der Waals surface area contributed by atoms with Gasteiger partial charge in [0.15, 0.2) is 5.96 Å². The molecule has 164 valence electrons. The van der Waals surface area contributed by atoms with Crippen LogP contribution < -0.4 is 15.4 Å². The molecule has 0 fully saturated rings. The molecule has 0 heterocycles. The lowest BCUT2D eigenvalue weighted by atomic mass is 10.1. The monoisotopic (exact) mass is 426 g/mol. The number of nitrogens with zero attached hydrogens (tertiary/aromatic N) is 2. The maximum atomic E-state index is 13.3. The standard InChI is InChI=1S/C21H26F4N4O/c1-26-20(27-13-15-8-9-17(22)12-18(15)21(23,24)25)28-14-16-6-4-5-7-19(16)30-11-10-29(2)3/h4-9,12H,10-11,13-14H2,1-3H3,(H2,26,27,28). The lowest BCUT2D eigenvalue weighted by Crippen LogP contribution is -2.36. The molecule has 9 heteroatoms. The second-order valence-corrected chi connectivity index (χ2v) is 6.84. The van der Waals surface area contributed by atoms with Crippen molar-refractivity contribution in [3.8, 4) is 5.75 Å². The molecule has 0 unspecified atom stereocenters. The van der Waals surface area contributed by atoms with Gasteiger partial charge in [0.25, 0.3) is 0 Å². The van der Waals surface area contributed by atoms with Gasteiger partial charge in [-0.25, -0.2) is 4.39 Å². The third-order valence-electron chi connectivity index (χ3n) is 4.26. The Morgan fingerprint density at radius 3 is 2.33 bits per heavy atom. The fourth-order valence-electron chi connectivity index (χ4n) is 2.67. The quantitative estimate of drug-likeness (QED) is 0.384. The zero-order valence-corrected chi connectivity index (χ0v) is 17.2. The highest BCUT2D eigenvalue weighted by Gasteiger charge is 2.33. The number of aliphatic imine (C=N–C) groups is 1. The van der Waals surface area contributed by atoms with Crippen LogP contribution in [0.15, 0.2) is 47.5 Å². The molecule has 2 rings (SSSR count). The number of rotatable bonds is 8.